The predicted molar refractivity (Wildman–Crippen MR) is 112 cm³/mol. The first-order valence-electron chi connectivity index (χ1n) is 9.87. The summed E-state index contributed by atoms with van der Waals surface area (Å²) in [5.41, 5.74) is 1.95. The van der Waals surface area contributed by atoms with Crippen LogP contribution in [0, 0.1) is 5.92 Å². The second kappa shape index (κ2) is 9.30. The SMILES string of the molecule is O=C(Nc1ccc(Oc2ccccc2)nc1)C1CCN(Cc2ccncc2)CC1. The Balaban J connectivity index is 1.25. The van der Waals surface area contributed by atoms with Crippen LogP contribution in [0.2, 0.25) is 0 Å². The number of nitrogens with zero attached hydrogens (tertiary/aromatic N) is 3. The molecular weight excluding hydrogens is 364 g/mol. The highest BCUT2D eigenvalue weighted by Gasteiger charge is 2.25. The number of aromatic nitrogens is 2. The molecule has 1 aromatic carbocycles. The van der Waals surface area contributed by atoms with Crippen LogP contribution in [-0.2, 0) is 11.3 Å². The van der Waals surface area contributed by atoms with E-state index in [1.54, 1.807) is 12.3 Å². The molecule has 1 amide bonds. The van der Waals surface area contributed by atoms with Gasteiger partial charge in [0.05, 0.1) is 11.9 Å². The standard InChI is InChI=1S/C23H24N4O2/c28-23(19-10-14-27(15-11-19)17-18-8-12-24-13-9-18)26-20-6-7-22(25-16-20)29-21-4-2-1-3-5-21/h1-9,12-13,16,19H,10-11,14-15,17H2,(H,26,28). The summed E-state index contributed by atoms with van der Waals surface area (Å²) in [5.74, 6) is 1.32. The Morgan fingerprint density at radius 2 is 1.79 bits per heavy atom. The molecule has 4 rings (SSSR count). The average Bonchev–Trinajstić information content (AvgIpc) is 2.77. The minimum absolute atomic E-state index is 0.0314. The predicted octanol–water partition coefficient (Wildman–Crippen LogP) is 4.12. The van der Waals surface area contributed by atoms with Gasteiger partial charge in [-0.15, -0.1) is 0 Å². The maximum Gasteiger partial charge on any atom is 0.227 e. The number of pyridine rings is 2. The Morgan fingerprint density at radius 3 is 2.48 bits per heavy atom. The Kier molecular flexibility index (Phi) is 6.12. The maximum absolute atomic E-state index is 12.6. The fourth-order valence-electron chi connectivity index (χ4n) is 3.47. The van der Waals surface area contributed by atoms with Crippen molar-refractivity contribution in [1.82, 2.24) is 14.9 Å². The highest BCUT2D eigenvalue weighted by atomic mass is 16.5. The van der Waals surface area contributed by atoms with Crippen LogP contribution in [0.25, 0.3) is 0 Å². The molecule has 148 valence electrons. The minimum Gasteiger partial charge on any atom is -0.439 e. The molecule has 0 atom stereocenters. The van der Waals surface area contributed by atoms with Crippen molar-refractivity contribution in [2.24, 2.45) is 5.92 Å². The second-order valence-corrected chi connectivity index (χ2v) is 7.20. The van der Waals surface area contributed by atoms with Gasteiger partial charge in [-0.1, -0.05) is 18.2 Å². The number of hydrogen-bond acceptors (Lipinski definition) is 5. The van der Waals surface area contributed by atoms with Gasteiger partial charge in [-0.2, -0.15) is 0 Å². The number of hydrogen-bond donors (Lipinski definition) is 1. The molecule has 0 aliphatic carbocycles. The number of ether oxygens (including phenoxy) is 1. The molecule has 3 heterocycles. The molecule has 0 bridgehead atoms. The Labute approximate surface area is 170 Å². The third-order valence-corrected chi connectivity index (χ3v) is 5.08. The number of amides is 1. The topological polar surface area (TPSA) is 67.3 Å². The zero-order valence-corrected chi connectivity index (χ0v) is 16.2. The van der Waals surface area contributed by atoms with Crippen molar-refractivity contribution < 1.29 is 9.53 Å². The van der Waals surface area contributed by atoms with Crippen LogP contribution in [0.15, 0.2) is 73.2 Å². The summed E-state index contributed by atoms with van der Waals surface area (Å²) in [4.78, 5) is 23.3. The maximum atomic E-state index is 12.6. The first kappa shape index (κ1) is 19.1. The van der Waals surface area contributed by atoms with Gasteiger partial charge in [0.15, 0.2) is 0 Å². The molecule has 1 aliphatic heterocycles. The van der Waals surface area contributed by atoms with Crippen LogP contribution < -0.4 is 10.1 Å². The van der Waals surface area contributed by atoms with Gasteiger partial charge in [-0.25, -0.2) is 4.98 Å². The van der Waals surface area contributed by atoms with E-state index in [4.69, 9.17) is 4.74 Å². The van der Waals surface area contributed by atoms with E-state index in [2.05, 4.69) is 20.2 Å². The smallest absolute Gasteiger partial charge is 0.227 e. The van der Waals surface area contributed by atoms with Gasteiger partial charge in [-0.3, -0.25) is 14.7 Å². The highest BCUT2D eigenvalue weighted by molar-refractivity contribution is 5.92. The molecule has 3 aromatic rings. The number of nitrogens with one attached hydrogen (secondary N) is 1. The number of piperidine rings is 1. The van der Waals surface area contributed by atoms with Crippen molar-refractivity contribution >= 4 is 11.6 Å². The molecule has 1 fully saturated rings. The summed E-state index contributed by atoms with van der Waals surface area (Å²) in [5, 5.41) is 2.98. The lowest BCUT2D eigenvalue weighted by molar-refractivity contribution is -0.121. The van der Waals surface area contributed by atoms with Crippen LogP contribution in [0.4, 0.5) is 5.69 Å². The first-order chi connectivity index (χ1) is 14.3. The zero-order chi connectivity index (χ0) is 19.9. The zero-order valence-electron chi connectivity index (χ0n) is 16.2. The molecule has 29 heavy (non-hydrogen) atoms. The number of likely N-dealkylation sites (tertiary alicyclic amines) is 1. The number of para-hydroxylation sites is 1. The molecule has 0 unspecified atom stereocenters. The molecular formula is C23H24N4O2. The third-order valence-electron chi connectivity index (χ3n) is 5.08. The van der Waals surface area contributed by atoms with Crippen molar-refractivity contribution in [3.8, 4) is 11.6 Å². The van der Waals surface area contributed by atoms with E-state index in [9.17, 15) is 4.79 Å². The average molecular weight is 388 g/mol. The van der Waals surface area contributed by atoms with Crippen LogP contribution in [0.3, 0.4) is 0 Å². The van der Waals surface area contributed by atoms with Crippen LogP contribution >= 0.6 is 0 Å². The van der Waals surface area contributed by atoms with Gasteiger partial charge in [-0.05, 0) is 61.8 Å². The Hall–Kier alpha value is -3.25. The molecule has 2 aromatic heterocycles. The van der Waals surface area contributed by atoms with Crippen molar-refractivity contribution in [2.75, 3.05) is 18.4 Å². The normalized spacial score (nSPS) is 15.0. The van der Waals surface area contributed by atoms with Crippen molar-refractivity contribution in [2.45, 2.75) is 19.4 Å². The van der Waals surface area contributed by atoms with Gasteiger partial charge < -0.3 is 10.1 Å². The molecule has 0 radical (unpaired) electrons. The van der Waals surface area contributed by atoms with Gasteiger partial charge in [0.2, 0.25) is 11.8 Å². The largest absolute Gasteiger partial charge is 0.439 e. The molecule has 1 saturated heterocycles. The third kappa shape index (κ3) is 5.39. The van der Waals surface area contributed by atoms with E-state index in [0.717, 1.165) is 38.2 Å². The summed E-state index contributed by atoms with van der Waals surface area (Å²) in [7, 11) is 0. The van der Waals surface area contributed by atoms with E-state index < -0.39 is 0 Å². The molecule has 0 spiro atoms. The van der Waals surface area contributed by atoms with Crippen molar-refractivity contribution in [1.29, 1.82) is 0 Å². The van der Waals surface area contributed by atoms with Gasteiger partial charge in [0, 0.05) is 30.9 Å². The van der Waals surface area contributed by atoms with Gasteiger partial charge >= 0.3 is 0 Å². The Bertz CT molecular complexity index is 909. The van der Waals surface area contributed by atoms with Crippen molar-refractivity contribution in [3.63, 3.8) is 0 Å². The molecule has 6 nitrogen and oxygen atoms in total. The van der Waals surface area contributed by atoms with Gasteiger partial charge in [0.1, 0.15) is 5.75 Å². The van der Waals surface area contributed by atoms with Crippen LogP contribution in [0.5, 0.6) is 11.6 Å². The second-order valence-electron chi connectivity index (χ2n) is 7.20. The van der Waals surface area contributed by atoms with Crippen LogP contribution in [-0.4, -0.2) is 33.9 Å². The summed E-state index contributed by atoms with van der Waals surface area (Å²) in [6.45, 7) is 2.74. The van der Waals surface area contributed by atoms with Gasteiger partial charge in [0.25, 0.3) is 0 Å². The molecule has 0 saturated carbocycles. The van der Waals surface area contributed by atoms with E-state index in [0.29, 0.717) is 11.6 Å². The molecule has 1 N–H and O–H groups in total. The number of carbonyl (C=O) groups is 1. The van der Waals surface area contributed by atoms with Crippen molar-refractivity contribution in [3.05, 3.63) is 78.8 Å². The fourth-order valence-corrected chi connectivity index (χ4v) is 3.47. The summed E-state index contributed by atoms with van der Waals surface area (Å²) in [6.07, 6.45) is 6.99. The minimum atomic E-state index is 0.0314. The molecule has 6 heteroatoms. The van der Waals surface area contributed by atoms with E-state index in [-0.39, 0.29) is 11.8 Å². The monoisotopic (exact) mass is 388 g/mol. The number of benzene rings is 1. The quantitative estimate of drug-likeness (QED) is 0.688. The molecule has 1 aliphatic rings. The summed E-state index contributed by atoms with van der Waals surface area (Å²) >= 11 is 0. The fraction of sp³-hybridized carbons (Fsp3) is 0.261. The number of rotatable bonds is 6. The number of anilines is 1. The highest BCUT2D eigenvalue weighted by Crippen LogP contribution is 2.23. The summed E-state index contributed by atoms with van der Waals surface area (Å²) < 4.78 is 5.68. The van der Waals surface area contributed by atoms with E-state index in [1.807, 2.05) is 60.9 Å². The first-order valence-corrected chi connectivity index (χ1v) is 9.87. The van der Waals surface area contributed by atoms with E-state index in [1.165, 1.54) is 5.56 Å². The number of carbonyl (C=O) groups excluding carboxylic acids is 1. The Morgan fingerprint density at radius 1 is 1.03 bits per heavy atom. The lowest BCUT2D eigenvalue weighted by Crippen LogP contribution is -2.37. The van der Waals surface area contributed by atoms with E-state index >= 15 is 0 Å². The van der Waals surface area contributed by atoms with Crippen LogP contribution in [0.1, 0.15) is 18.4 Å². The lowest BCUT2D eigenvalue weighted by atomic mass is 9.95. The lowest BCUT2D eigenvalue weighted by Gasteiger charge is -2.31. The summed E-state index contributed by atoms with van der Waals surface area (Å²) in [6, 6.07) is 17.2.